The normalized spacial score (nSPS) is 27.3. The van der Waals surface area contributed by atoms with Gasteiger partial charge in [0.05, 0.1) is 18.7 Å². The zero-order valence-corrected chi connectivity index (χ0v) is 14.0. The maximum Gasteiger partial charge on any atom is 0.225 e. The fraction of sp³-hybridized carbons (Fsp3) is 0.579. The van der Waals surface area contributed by atoms with Gasteiger partial charge in [-0.15, -0.1) is 0 Å². The number of aliphatic hydroxyl groups is 1. The van der Waals surface area contributed by atoms with Crippen LogP contribution in [0.3, 0.4) is 0 Å². The van der Waals surface area contributed by atoms with Gasteiger partial charge in [-0.3, -0.25) is 4.79 Å². The number of hydrogen-bond acceptors (Lipinski definition) is 4. The number of nitriles is 1. The summed E-state index contributed by atoms with van der Waals surface area (Å²) in [4.78, 5) is 16.5. The van der Waals surface area contributed by atoms with Crippen molar-refractivity contribution in [3.05, 3.63) is 35.9 Å². The number of carbonyl (C=O) groups excluding carboxylic acids is 1. The first-order chi connectivity index (χ1) is 11.8. The molecule has 128 valence electrons. The van der Waals surface area contributed by atoms with Crippen LogP contribution in [0.15, 0.2) is 30.3 Å². The summed E-state index contributed by atoms with van der Waals surface area (Å²) in [7, 11) is 0. The molecule has 1 amide bonds. The van der Waals surface area contributed by atoms with Crippen LogP contribution in [0.4, 0.5) is 0 Å². The Labute approximate surface area is 143 Å². The van der Waals surface area contributed by atoms with Crippen molar-refractivity contribution in [1.29, 1.82) is 5.26 Å². The molecule has 3 rings (SSSR count). The van der Waals surface area contributed by atoms with E-state index in [-0.39, 0.29) is 24.5 Å². The maximum absolute atomic E-state index is 12.6. The Kier molecular flexibility index (Phi) is 5.49. The molecule has 2 heterocycles. The molecule has 0 spiro atoms. The van der Waals surface area contributed by atoms with E-state index in [1.807, 2.05) is 30.3 Å². The van der Waals surface area contributed by atoms with Crippen molar-refractivity contribution in [3.8, 4) is 6.07 Å². The summed E-state index contributed by atoms with van der Waals surface area (Å²) in [5.41, 5.74) is 1.02. The molecule has 2 fully saturated rings. The minimum Gasteiger partial charge on any atom is -0.394 e. The Hall–Kier alpha value is -1.90. The predicted molar refractivity (Wildman–Crippen MR) is 91.2 cm³/mol. The third kappa shape index (κ3) is 3.31. The molecule has 5 heteroatoms. The standard InChI is InChI=1S/C19H25N3O2/c20-13-16-19(15-7-3-1-4-8-15)17(14-23)22(16)18(24)9-12-21-10-5-2-6-11-21/h1,3-4,7-8,16-17,19,23H,2,5-6,9-12,14H2/t16-,17-,19-/m0/s1. The van der Waals surface area contributed by atoms with E-state index in [9.17, 15) is 15.2 Å². The van der Waals surface area contributed by atoms with Crippen LogP contribution in [0.2, 0.25) is 0 Å². The molecule has 0 aliphatic carbocycles. The van der Waals surface area contributed by atoms with Crippen LogP contribution in [0, 0.1) is 11.3 Å². The lowest BCUT2D eigenvalue weighted by atomic mass is 9.75. The van der Waals surface area contributed by atoms with Gasteiger partial charge in [0.25, 0.3) is 0 Å². The molecule has 24 heavy (non-hydrogen) atoms. The van der Waals surface area contributed by atoms with Gasteiger partial charge in [-0.25, -0.2) is 0 Å². The monoisotopic (exact) mass is 327 g/mol. The third-order valence-electron chi connectivity index (χ3n) is 5.29. The predicted octanol–water partition coefficient (Wildman–Crippen LogP) is 1.74. The highest BCUT2D eigenvalue weighted by Crippen LogP contribution is 2.40. The molecule has 0 unspecified atom stereocenters. The van der Waals surface area contributed by atoms with E-state index in [0.717, 1.165) is 25.2 Å². The van der Waals surface area contributed by atoms with Gasteiger partial charge >= 0.3 is 0 Å². The summed E-state index contributed by atoms with van der Waals surface area (Å²) in [6.07, 6.45) is 4.11. The SMILES string of the molecule is N#C[C@H]1[C@H](c2ccccc2)[C@H](CO)N1C(=O)CCN1CCCCC1. The van der Waals surface area contributed by atoms with E-state index in [0.29, 0.717) is 6.42 Å². The first-order valence-corrected chi connectivity index (χ1v) is 8.85. The molecular weight excluding hydrogens is 302 g/mol. The molecule has 0 aromatic heterocycles. The summed E-state index contributed by atoms with van der Waals surface area (Å²) in [5, 5.41) is 19.3. The van der Waals surface area contributed by atoms with Crippen molar-refractivity contribution in [2.75, 3.05) is 26.2 Å². The summed E-state index contributed by atoms with van der Waals surface area (Å²) in [6, 6.07) is 11.2. The van der Waals surface area contributed by atoms with E-state index in [1.165, 1.54) is 19.3 Å². The first kappa shape index (κ1) is 16.9. The number of likely N-dealkylation sites (tertiary alicyclic amines) is 2. The molecule has 5 nitrogen and oxygen atoms in total. The molecule has 0 radical (unpaired) electrons. The Bertz CT molecular complexity index is 592. The fourth-order valence-electron chi connectivity index (χ4n) is 3.99. The van der Waals surface area contributed by atoms with Gasteiger partial charge in [0.15, 0.2) is 0 Å². The Balaban J connectivity index is 1.64. The zero-order chi connectivity index (χ0) is 16.9. The summed E-state index contributed by atoms with van der Waals surface area (Å²) in [6.45, 7) is 2.77. The lowest BCUT2D eigenvalue weighted by Gasteiger charge is -2.51. The van der Waals surface area contributed by atoms with E-state index in [4.69, 9.17) is 0 Å². The van der Waals surface area contributed by atoms with Crippen molar-refractivity contribution < 1.29 is 9.90 Å². The molecule has 0 saturated carbocycles. The minimum atomic E-state index is -0.474. The van der Waals surface area contributed by atoms with Gasteiger partial charge in [-0.05, 0) is 31.5 Å². The van der Waals surface area contributed by atoms with Gasteiger partial charge in [0, 0.05) is 18.9 Å². The van der Waals surface area contributed by atoms with Crippen molar-refractivity contribution in [2.24, 2.45) is 0 Å². The Morgan fingerprint density at radius 2 is 1.92 bits per heavy atom. The molecule has 2 aliphatic rings. The lowest BCUT2D eigenvalue weighted by molar-refractivity contribution is -0.147. The van der Waals surface area contributed by atoms with Crippen molar-refractivity contribution in [2.45, 2.75) is 43.7 Å². The highest BCUT2D eigenvalue weighted by Gasteiger charge is 2.51. The molecular formula is C19H25N3O2. The molecule has 0 bridgehead atoms. The van der Waals surface area contributed by atoms with E-state index in [2.05, 4.69) is 11.0 Å². The van der Waals surface area contributed by atoms with Crippen LogP contribution in [0.1, 0.15) is 37.2 Å². The largest absolute Gasteiger partial charge is 0.394 e. The highest BCUT2D eigenvalue weighted by molar-refractivity contribution is 5.79. The number of aliphatic hydroxyl groups excluding tert-OH is 1. The van der Waals surface area contributed by atoms with Gasteiger partial charge in [0.1, 0.15) is 6.04 Å². The maximum atomic E-state index is 12.6. The average molecular weight is 327 g/mol. The number of piperidine rings is 1. The number of hydrogen-bond donors (Lipinski definition) is 1. The molecule has 2 aliphatic heterocycles. The van der Waals surface area contributed by atoms with Crippen LogP contribution in [0.25, 0.3) is 0 Å². The number of benzene rings is 1. The third-order valence-corrected chi connectivity index (χ3v) is 5.29. The van der Waals surface area contributed by atoms with Crippen molar-refractivity contribution in [3.63, 3.8) is 0 Å². The molecule has 2 saturated heterocycles. The van der Waals surface area contributed by atoms with Gasteiger partial charge in [-0.2, -0.15) is 5.26 Å². The fourth-order valence-corrected chi connectivity index (χ4v) is 3.99. The van der Waals surface area contributed by atoms with Crippen LogP contribution in [-0.2, 0) is 4.79 Å². The second kappa shape index (κ2) is 7.78. The van der Waals surface area contributed by atoms with Gasteiger partial charge < -0.3 is 14.9 Å². The number of amides is 1. The summed E-state index contributed by atoms with van der Waals surface area (Å²) < 4.78 is 0. The minimum absolute atomic E-state index is 0.0154. The molecule has 1 aromatic carbocycles. The van der Waals surface area contributed by atoms with Crippen LogP contribution < -0.4 is 0 Å². The van der Waals surface area contributed by atoms with Gasteiger partial charge in [0.2, 0.25) is 5.91 Å². The number of nitrogens with zero attached hydrogens (tertiary/aromatic N) is 3. The molecule has 3 atom stereocenters. The topological polar surface area (TPSA) is 67.6 Å². The second-order valence-electron chi connectivity index (χ2n) is 6.71. The number of rotatable bonds is 5. The molecule has 1 N–H and O–H groups in total. The number of carbonyl (C=O) groups is 1. The van der Waals surface area contributed by atoms with Crippen LogP contribution in [0.5, 0.6) is 0 Å². The average Bonchev–Trinajstić information content (AvgIpc) is 2.61. The smallest absolute Gasteiger partial charge is 0.225 e. The van der Waals surface area contributed by atoms with Crippen LogP contribution >= 0.6 is 0 Å². The van der Waals surface area contributed by atoms with Crippen molar-refractivity contribution >= 4 is 5.91 Å². The summed E-state index contributed by atoms with van der Waals surface area (Å²) >= 11 is 0. The lowest BCUT2D eigenvalue weighted by Crippen LogP contribution is -2.65. The van der Waals surface area contributed by atoms with E-state index >= 15 is 0 Å². The molecule has 1 aromatic rings. The van der Waals surface area contributed by atoms with E-state index < -0.39 is 6.04 Å². The Morgan fingerprint density at radius 3 is 2.54 bits per heavy atom. The first-order valence-electron chi connectivity index (χ1n) is 8.85. The van der Waals surface area contributed by atoms with E-state index in [1.54, 1.807) is 4.90 Å². The second-order valence-corrected chi connectivity index (χ2v) is 6.71. The highest BCUT2D eigenvalue weighted by atomic mass is 16.3. The van der Waals surface area contributed by atoms with Crippen LogP contribution in [-0.4, -0.2) is 59.1 Å². The zero-order valence-electron chi connectivity index (χ0n) is 14.0. The summed E-state index contributed by atoms with van der Waals surface area (Å²) in [5.74, 6) is -0.113. The quantitative estimate of drug-likeness (QED) is 0.894. The van der Waals surface area contributed by atoms with Gasteiger partial charge in [-0.1, -0.05) is 36.8 Å². The van der Waals surface area contributed by atoms with Crippen molar-refractivity contribution in [1.82, 2.24) is 9.80 Å². The Morgan fingerprint density at radius 1 is 1.21 bits per heavy atom.